The number of urea groups is 1. The number of hydrogen-bond acceptors (Lipinski definition) is 5. The summed E-state index contributed by atoms with van der Waals surface area (Å²) in [5.41, 5.74) is -0.260. The average molecular weight is 415 g/mol. The molecule has 158 valence electrons. The van der Waals surface area contributed by atoms with E-state index >= 15 is 0 Å². The lowest BCUT2D eigenvalue weighted by Crippen LogP contribution is -2.51. The van der Waals surface area contributed by atoms with Gasteiger partial charge in [-0.3, -0.25) is 9.69 Å². The molecule has 7 nitrogen and oxygen atoms in total. The van der Waals surface area contributed by atoms with Gasteiger partial charge in [-0.15, -0.1) is 0 Å². The number of nitrogens with one attached hydrogen (secondary N) is 1. The van der Waals surface area contributed by atoms with Crippen LogP contribution in [0.3, 0.4) is 0 Å². The van der Waals surface area contributed by atoms with Crippen LogP contribution in [0.2, 0.25) is 0 Å². The largest absolute Gasteiger partial charge is 0.354 e. The van der Waals surface area contributed by atoms with Crippen molar-refractivity contribution in [2.24, 2.45) is 0 Å². The van der Waals surface area contributed by atoms with E-state index < -0.39 is 5.54 Å². The van der Waals surface area contributed by atoms with Crippen LogP contribution in [0.1, 0.15) is 12.5 Å². The van der Waals surface area contributed by atoms with Crippen LogP contribution in [0.4, 0.5) is 10.6 Å². The quantitative estimate of drug-likeness (QED) is 0.664. The summed E-state index contributed by atoms with van der Waals surface area (Å²) in [5.74, 6) is 0.751. The summed E-state index contributed by atoms with van der Waals surface area (Å²) in [6.07, 6.45) is 1.79. The molecule has 0 unspecified atom stereocenters. The molecular weight excluding hydrogens is 390 g/mol. The molecule has 31 heavy (non-hydrogen) atoms. The van der Waals surface area contributed by atoms with Crippen molar-refractivity contribution in [2.45, 2.75) is 12.5 Å². The van der Waals surface area contributed by atoms with Crippen LogP contribution >= 0.6 is 0 Å². The lowest BCUT2D eigenvalue weighted by atomic mass is 9.90. The molecule has 3 amide bonds. The summed E-state index contributed by atoms with van der Waals surface area (Å²) in [6.45, 7) is 5.23. The number of fused-ring (bicyclic) bond motifs is 1. The number of pyridine rings is 1. The molecule has 1 N–H and O–H groups in total. The van der Waals surface area contributed by atoms with E-state index in [-0.39, 0.29) is 11.9 Å². The Morgan fingerprint density at radius 3 is 2.42 bits per heavy atom. The van der Waals surface area contributed by atoms with Crippen LogP contribution in [0.15, 0.2) is 66.9 Å². The van der Waals surface area contributed by atoms with E-state index in [4.69, 9.17) is 0 Å². The zero-order valence-electron chi connectivity index (χ0n) is 17.5. The summed E-state index contributed by atoms with van der Waals surface area (Å²) >= 11 is 0. The van der Waals surface area contributed by atoms with E-state index in [2.05, 4.69) is 20.1 Å². The molecule has 7 heteroatoms. The molecule has 0 saturated carbocycles. The summed E-state index contributed by atoms with van der Waals surface area (Å²) in [7, 11) is 0. The second-order valence-electron chi connectivity index (χ2n) is 8.28. The number of benzene rings is 2. The molecule has 3 aromatic rings. The standard InChI is InChI=1S/C24H25N5O2/c1-24(20-10-9-18-6-2-3-7-19(18)16-20)22(30)29(23(31)26-24)17-27-12-14-28(15-13-27)21-8-4-5-11-25-21/h2-11,16H,12-15,17H2,1H3,(H,26,31)/t24-/m1/s1. The minimum atomic E-state index is -1.06. The van der Waals surface area contributed by atoms with Gasteiger partial charge in [0.15, 0.2) is 0 Å². The van der Waals surface area contributed by atoms with Crippen LogP contribution in [0.5, 0.6) is 0 Å². The molecule has 2 saturated heterocycles. The van der Waals surface area contributed by atoms with Gasteiger partial charge in [-0.25, -0.2) is 14.7 Å². The van der Waals surface area contributed by atoms with Crippen molar-refractivity contribution >= 4 is 28.5 Å². The number of rotatable bonds is 4. The van der Waals surface area contributed by atoms with Gasteiger partial charge in [-0.1, -0.05) is 42.5 Å². The minimum Gasteiger partial charge on any atom is -0.354 e. The molecule has 3 heterocycles. The number of carbonyl (C=O) groups is 2. The lowest BCUT2D eigenvalue weighted by molar-refractivity contribution is -0.132. The normalized spacial score (nSPS) is 22.2. The Bertz CT molecular complexity index is 1130. The first kappa shape index (κ1) is 19.5. The molecule has 0 spiro atoms. The van der Waals surface area contributed by atoms with Crippen molar-refractivity contribution in [3.8, 4) is 0 Å². The van der Waals surface area contributed by atoms with Crippen molar-refractivity contribution < 1.29 is 9.59 Å². The molecule has 0 bridgehead atoms. The van der Waals surface area contributed by atoms with E-state index in [1.165, 1.54) is 4.90 Å². The number of imide groups is 1. The van der Waals surface area contributed by atoms with Crippen molar-refractivity contribution in [3.63, 3.8) is 0 Å². The van der Waals surface area contributed by atoms with E-state index in [1.807, 2.05) is 60.7 Å². The maximum absolute atomic E-state index is 13.3. The third kappa shape index (κ3) is 3.51. The van der Waals surface area contributed by atoms with E-state index in [9.17, 15) is 9.59 Å². The highest BCUT2D eigenvalue weighted by atomic mass is 16.2. The fourth-order valence-corrected chi connectivity index (χ4v) is 4.38. The average Bonchev–Trinajstić information content (AvgIpc) is 3.03. The minimum absolute atomic E-state index is 0.208. The Labute approximate surface area is 181 Å². The zero-order chi connectivity index (χ0) is 21.4. The topological polar surface area (TPSA) is 68.8 Å². The zero-order valence-corrected chi connectivity index (χ0v) is 17.5. The summed E-state index contributed by atoms with van der Waals surface area (Å²) in [6, 6.07) is 19.5. The first-order valence-corrected chi connectivity index (χ1v) is 10.6. The van der Waals surface area contributed by atoms with Crippen molar-refractivity contribution in [1.29, 1.82) is 0 Å². The SMILES string of the molecule is C[C@]1(c2ccc3ccccc3c2)NC(=O)N(CN2CCN(c3ccccn3)CC2)C1=O. The van der Waals surface area contributed by atoms with Crippen molar-refractivity contribution in [3.05, 3.63) is 72.4 Å². The first-order valence-electron chi connectivity index (χ1n) is 10.6. The number of hydrogen-bond donors (Lipinski definition) is 1. The Balaban J connectivity index is 1.29. The number of carbonyl (C=O) groups excluding carboxylic acids is 2. The number of aromatic nitrogens is 1. The van der Waals surface area contributed by atoms with Gasteiger partial charge in [0.05, 0.1) is 6.67 Å². The Morgan fingerprint density at radius 1 is 0.935 bits per heavy atom. The molecule has 1 atom stereocenters. The highest BCUT2D eigenvalue weighted by molar-refractivity contribution is 6.07. The first-order chi connectivity index (χ1) is 15.0. The molecule has 2 fully saturated rings. The smallest absolute Gasteiger partial charge is 0.326 e. The number of nitrogens with zero attached hydrogens (tertiary/aromatic N) is 4. The molecule has 2 aliphatic heterocycles. The Hall–Kier alpha value is -3.45. The second kappa shape index (κ2) is 7.67. The Morgan fingerprint density at radius 2 is 1.68 bits per heavy atom. The van der Waals surface area contributed by atoms with Crippen LogP contribution < -0.4 is 10.2 Å². The lowest BCUT2D eigenvalue weighted by Gasteiger charge is -2.36. The van der Waals surface area contributed by atoms with Crippen LogP contribution in [-0.4, -0.2) is 59.6 Å². The number of piperazine rings is 1. The summed E-state index contributed by atoms with van der Waals surface area (Å²) in [4.78, 5) is 36.2. The predicted octanol–water partition coefficient (Wildman–Crippen LogP) is 2.78. The number of anilines is 1. The van der Waals surface area contributed by atoms with Gasteiger partial charge in [-0.05, 0) is 41.5 Å². The van der Waals surface area contributed by atoms with Crippen molar-refractivity contribution in [1.82, 2.24) is 20.1 Å². The number of amides is 3. The van der Waals surface area contributed by atoms with Crippen LogP contribution in [0, 0.1) is 0 Å². The maximum Gasteiger partial charge on any atom is 0.326 e. The molecular formula is C24H25N5O2. The molecule has 2 aromatic carbocycles. The Kier molecular flexibility index (Phi) is 4.82. The van der Waals surface area contributed by atoms with Gasteiger partial charge < -0.3 is 10.2 Å². The van der Waals surface area contributed by atoms with Gasteiger partial charge in [-0.2, -0.15) is 0 Å². The van der Waals surface area contributed by atoms with Gasteiger partial charge in [0.1, 0.15) is 11.4 Å². The molecule has 0 aliphatic carbocycles. The summed E-state index contributed by atoms with van der Waals surface area (Å²) < 4.78 is 0. The fourth-order valence-electron chi connectivity index (χ4n) is 4.38. The molecule has 1 aromatic heterocycles. The van der Waals surface area contributed by atoms with Crippen LogP contribution in [-0.2, 0) is 10.3 Å². The second-order valence-corrected chi connectivity index (χ2v) is 8.28. The van der Waals surface area contributed by atoms with Gasteiger partial charge in [0, 0.05) is 32.4 Å². The molecule has 2 aliphatic rings. The third-order valence-corrected chi connectivity index (χ3v) is 6.29. The van der Waals surface area contributed by atoms with Crippen molar-refractivity contribution in [2.75, 3.05) is 37.7 Å². The maximum atomic E-state index is 13.3. The van der Waals surface area contributed by atoms with E-state index in [0.29, 0.717) is 6.67 Å². The van der Waals surface area contributed by atoms with Gasteiger partial charge in [0.2, 0.25) is 0 Å². The third-order valence-electron chi connectivity index (χ3n) is 6.29. The van der Waals surface area contributed by atoms with E-state index in [1.54, 1.807) is 13.1 Å². The fraction of sp³-hybridized carbons (Fsp3) is 0.292. The molecule has 5 rings (SSSR count). The monoisotopic (exact) mass is 415 g/mol. The molecule has 0 radical (unpaired) electrons. The van der Waals surface area contributed by atoms with Gasteiger partial charge in [0.25, 0.3) is 5.91 Å². The highest BCUT2D eigenvalue weighted by Crippen LogP contribution is 2.31. The predicted molar refractivity (Wildman–Crippen MR) is 120 cm³/mol. The van der Waals surface area contributed by atoms with Gasteiger partial charge >= 0.3 is 6.03 Å². The highest BCUT2D eigenvalue weighted by Gasteiger charge is 2.49. The summed E-state index contributed by atoms with van der Waals surface area (Å²) in [5, 5.41) is 5.08. The van der Waals surface area contributed by atoms with E-state index in [0.717, 1.165) is 48.3 Å². The van der Waals surface area contributed by atoms with Crippen LogP contribution in [0.25, 0.3) is 10.8 Å².